The molecule has 27 heavy (non-hydrogen) atoms. The van der Waals surface area contributed by atoms with Crippen molar-refractivity contribution in [2.75, 3.05) is 23.4 Å². The van der Waals surface area contributed by atoms with Crippen molar-refractivity contribution in [1.82, 2.24) is 4.90 Å². The van der Waals surface area contributed by atoms with Crippen LogP contribution >= 0.6 is 11.8 Å². The van der Waals surface area contributed by atoms with E-state index in [-0.39, 0.29) is 28.4 Å². The molecule has 0 unspecified atom stereocenters. The molecule has 7 nitrogen and oxygen atoms in total. The number of amides is 1. The van der Waals surface area contributed by atoms with E-state index in [1.807, 2.05) is 17.0 Å². The number of benzene rings is 1. The van der Waals surface area contributed by atoms with Crippen molar-refractivity contribution in [1.29, 1.82) is 5.26 Å². The molecule has 0 radical (unpaired) electrons. The van der Waals surface area contributed by atoms with Crippen LogP contribution in [0.5, 0.6) is 0 Å². The van der Waals surface area contributed by atoms with Gasteiger partial charge in [0.2, 0.25) is 0 Å². The smallest absolute Gasteiger partial charge is 0.267 e. The van der Waals surface area contributed by atoms with E-state index in [9.17, 15) is 18.5 Å². The van der Waals surface area contributed by atoms with Crippen molar-refractivity contribution in [3.63, 3.8) is 0 Å². The zero-order chi connectivity index (χ0) is 19.4. The molecule has 9 heteroatoms. The molecule has 0 aliphatic carbocycles. The first-order valence-electron chi connectivity index (χ1n) is 8.22. The Labute approximate surface area is 162 Å². The summed E-state index contributed by atoms with van der Waals surface area (Å²) < 4.78 is 23.7. The number of hydrogen-bond acceptors (Lipinski definition) is 6. The van der Waals surface area contributed by atoms with Crippen LogP contribution in [-0.2, 0) is 14.6 Å². The normalized spacial score (nSPS) is 25.1. The summed E-state index contributed by atoms with van der Waals surface area (Å²) in [5.74, 6) is -0.354. The Kier molecular flexibility index (Phi) is 5.68. The third kappa shape index (κ3) is 4.40. The van der Waals surface area contributed by atoms with Crippen molar-refractivity contribution < 1.29 is 13.2 Å². The summed E-state index contributed by atoms with van der Waals surface area (Å²) in [6, 6.07) is 10.5. The lowest BCUT2D eigenvalue weighted by Crippen LogP contribution is -2.37. The minimum atomic E-state index is -3.05. The molecule has 1 amide bonds. The number of fused-ring (bicyclic) bond motifs is 1. The van der Waals surface area contributed by atoms with Crippen LogP contribution in [0.2, 0.25) is 0 Å². The van der Waals surface area contributed by atoms with Crippen molar-refractivity contribution in [3.8, 4) is 6.07 Å². The Morgan fingerprint density at radius 3 is 2.81 bits per heavy atom. The van der Waals surface area contributed by atoms with Crippen LogP contribution in [0.15, 0.2) is 59.8 Å². The Morgan fingerprint density at radius 1 is 1.41 bits per heavy atom. The molecule has 0 bridgehead atoms. The maximum absolute atomic E-state index is 12.2. The van der Waals surface area contributed by atoms with Gasteiger partial charge in [-0.3, -0.25) is 4.79 Å². The van der Waals surface area contributed by atoms with E-state index in [1.165, 1.54) is 18.0 Å². The highest BCUT2D eigenvalue weighted by Gasteiger charge is 2.48. The lowest BCUT2D eigenvalue weighted by molar-refractivity contribution is -0.112. The van der Waals surface area contributed by atoms with Gasteiger partial charge >= 0.3 is 0 Å². The summed E-state index contributed by atoms with van der Waals surface area (Å²) in [7, 11) is -3.05. The molecule has 1 N–H and O–H groups in total. The van der Waals surface area contributed by atoms with Crippen molar-refractivity contribution in [3.05, 3.63) is 54.8 Å². The Morgan fingerprint density at radius 2 is 2.15 bits per heavy atom. The number of carbonyl (C=O) groups excluding carboxylic acids is 1. The van der Waals surface area contributed by atoms with Gasteiger partial charge in [-0.2, -0.15) is 5.26 Å². The summed E-state index contributed by atoms with van der Waals surface area (Å²) in [5.41, 5.74) is 0.453. The number of carbonyl (C=O) groups is 1. The second-order valence-electron chi connectivity index (χ2n) is 6.13. The van der Waals surface area contributed by atoms with E-state index < -0.39 is 15.7 Å². The molecular weight excluding hydrogens is 384 g/mol. The number of nitrogens with one attached hydrogen (secondary N) is 1. The first kappa shape index (κ1) is 19.2. The molecule has 0 aromatic heterocycles. The van der Waals surface area contributed by atoms with E-state index >= 15 is 0 Å². The molecule has 2 atom stereocenters. The van der Waals surface area contributed by atoms with Gasteiger partial charge in [-0.15, -0.1) is 6.58 Å². The highest BCUT2D eigenvalue weighted by atomic mass is 32.2. The fourth-order valence-electron chi connectivity index (χ4n) is 2.98. The van der Waals surface area contributed by atoms with Gasteiger partial charge < -0.3 is 10.2 Å². The molecule has 1 aromatic rings. The predicted octanol–water partition coefficient (Wildman–Crippen LogP) is 1.79. The van der Waals surface area contributed by atoms with Crippen LogP contribution in [0.1, 0.15) is 0 Å². The van der Waals surface area contributed by atoms with Gasteiger partial charge in [0.15, 0.2) is 15.0 Å². The minimum absolute atomic E-state index is 0.0842. The summed E-state index contributed by atoms with van der Waals surface area (Å²) in [6.07, 6.45) is 2.91. The van der Waals surface area contributed by atoms with Crippen LogP contribution < -0.4 is 5.32 Å². The topological polar surface area (TPSA) is 103 Å². The second kappa shape index (κ2) is 7.98. The lowest BCUT2D eigenvalue weighted by Gasteiger charge is -2.22. The SMILES string of the molecule is C=CCN1C(=N/C=C(\C#N)C(=O)Nc2ccccc2)S[C@H]2CS(=O)(=O)C[C@@H]21. The van der Waals surface area contributed by atoms with E-state index in [4.69, 9.17) is 0 Å². The third-order valence-corrected chi connectivity index (χ3v) is 7.46. The van der Waals surface area contributed by atoms with Gasteiger partial charge in [-0.1, -0.05) is 36.0 Å². The number of nitrogens with zero attached hydrogens (tertiary/aromatic N) is 3. The maximum Gasteiger partial charge on any atom is 0.267 e. The standard InChI is InChI=1S/C18H18N4O3S2/c1-2-8-22-15-11-27(24,25)12-16(15)26-18(22)20-10-13(9-19)17(23)21-14-6-4-3-5-7-14/h2-7,10,15-16H,1,8,11-12H2,(H,21,23)/b13-10+,20-18?/t15-,16-/m0/s1. The van der Waals surface area contributed by atoms with Crippen LogP contribution in [-0.4, -0.2) is 53.7 Å². The Balaban J connectivity index is 1.78. The van der Waals surface area contributed by atoms with Gasteiger partial charge in [0.25, 0.3) is 5.91 Å². The molecular formula is C18H18N4O3S2. The molecule has 2 heterocycles. The van der Waals surface area contributed by atoms with Crippen LogP contribution in [0.3, 0.4) is 0 Å². The molecule has 0 spiro atoms. The number of thioether (sulfide) groups is 1. The molecule has 3 rings (SSSR count). The van der Waals surface area contributed by atoms with Gasteiger partial charge in [0.05, 0.1) is 23.7 Å². The number of hydrogen-bond donors (Lipinski definition) is 1. The Hall–Kier alpha value is -2.57. The quantitative estimate of drug-likeness (QED) is 0.458. The van der Waals surface area contributed by atoms with E-state index in [1.54, 1.807) is 30.3 Å². The van der Waals surface area contributed by atoms with Gasteiger partial charge in [0.1, 0.15) is 11.6 Å². The molecule has 2 fully saturated rings. The molecule has 140 valence electrons. The number of amidine groups is 1. The summed E-state index contributed by atoms with van der Waals surface area (Å²) >= 11 is 1.36. The maximum atomic E-state index is 12.2. The largest absolute Gasteiger partial charge is 0.342 e. The third-order valence-electron chi connectivity index (χ3n) is 4.20. The van der Waals surface area contributed by atoms with Crippen molar-refractivity contribution >= 4 is 38.4 Å². The number of sulfone groups is 1. The van der Waals surface area contributed by atoms with E-state index in [0.717, 1.165) is 0 Å². The van der Waals surface area contributed by atoms with Crippen molar-refractivity contribution in [2.24, 2.45) is 4.99 Å². The van der Waals surface area contributed by atoms with E-state index in [2.05, 4.69) is 16.9 Å². The van der Waals surface area contributed by atoms with Crippen LogP contribution in [0.4, 0.5) is 5.69 Å². The monoisotopic (exact) mass is 402 g/mol. The highest BCUT2D eigenvalue weighted by Crippen LogP contribution is 2.38. The fourth-order valence-corrected chi connectivity index (χ4v) is 6.92. The number of rotatable bonds is 5. The van der Waals surface area contributed by atoms with Gasteiger partial charge in [0, 0.05) is 17.5 Å². The summed E-state index contributed by atoms with van der Waals surface area (Å²) in [4.78, 5) is 18.4. The van der Waals surface area contributed by atoms with Crippen LogP contribution in [0, 0.1) is 11.3 Å². The second-order valence-corrected chi connectivity index (χ2v) is 9.49. The van der Waals surface area contributed by atoms with Crippen LogP contribution in [0.25, 0.3) is 0 Å². The highest BCUT2D eigenvalue weighted by molar-refractivity contribution is 8.15. The number of para-hydroxylation sites is 1. The first-order chi connectivity index (χ1) is 12.9. The number of anilines is 1. The average Bonchev–Trinajstić information content (AvgIpc) is 3.09. The average molecular weight is 403 g/mol. The Bertz CT molecular complexity index is 949. The predicted molar refractivity (Wildman–Crippen MR) is 107 cm³/mol. The first-order valence-corrected chi connectivity index (χ1v) is 10.9. The van der Waals surface area contributed by atoms with E-state index in [0.29, 0.717) is 17.4 Å². The van der Waals surface area contributed by atoms with Gasteiger partial charge in [-0.05, 0) is 12.1 Å². The van der Waals surface area contributed by atoms with Gasteiger partial charge in [-0.25, -0.2) is 13.4 Å². The molecule has 2 aliphatic rings. The summed E-state index contributed by atoms with van der Waals surface area (Å²) in [6.45, 7) is 4.16. The molecule has 1 aromatic carbocycles. The number of nitriles is 1. The summed E-state index contributed by atoms with van der Waals surface area (Å²) in [5, 5.41) is 12.4. The zero-order valence-corrected chi connectivity index (χ0v) is 16.0. The lowest BCUT2D eigenvalue weighted by atomic mass is 10.2. The molecule has 2 aliphatic heterocycles. The minimum Gasteiger partial charge on any atom is -0.342 e. The van der Waals surface area contributed by atoms with Crippen molar-refractivity contribution in [2.45, 2.75) is 11.3 Å². The molecule has 2 saturated heterocycles. The zero-order valence-electron chi connectivity index (χ0n) is 14.4. The molecule has 0 saturated carbocycles. The fraction of sp³-hybridized carbons (Fsp3) is 0.278. The number of aliphatic imine (C=N–C) groups is 1.